The first-order valence-electron chi connectivity index (χ1n) is 11.7. The van der Waals surface area contributed by atoms with Crippen LogP contribution in [0, 0.1) is 10.5 Å². The van der Waals surface area contributed by atoms with E-state index in [0.717, 1.165) is 42.8 Å². The lowest BCUT2D eigenvalue weighted by molar-refractivity contribution is -0.123. The summed E-state index contributed by atoms with van der Waals surface area (Å²) in [5.74, 6) is 0.920. The molecule has 5 nitrogen and oxygen atoms in total. The maximum Gasteiger partial charge on any atom is 0.293 e. The Labute approximate surface area is 233 Å². The molecule has 0 radical (unpaired) electrons. The van der Waals surface area contributed by atoms with Gasteiger partial charge in [-0.1, -0.05) is 72.3 Å². The highest BCUT2D eigenvalue weighted by Crippen LogP contribution is 2.38. The van der Waals surface area contributed by atoms with Crippen molar-refractivity contribution in [3.8, 4) is 11.5 Å². The molecule has 1 aliphatic heterocycles. The summed E-state index contributed by atoms with van der Waals surface area (Å²) in [7, 11) is 1.59. The van der Waals surface area contributed by atoms with Gasteiger partial charge in [0.25, 0.3) is 11.1 Å². The van der Waals surface area contributed by atoms with Gasteiger partial charge in [-0.05, 0) is 86.9 Å². The SMILES string of the molecule is COc1cc(/C=C2/SC(=O)N(Cc3cccc4ccccc34)C2=O)cc(I)c1OCc1cccc(C)c1. The second-order valence-electron chi connectivity index (χ2n) is 8.72. The predicted molar refractivity (Wildman–Crippen MR) is 157 cm³/mol. The van der Waals surface area contributed by atoms with Gasteiger partial charge in [0, 0.05) is 0 Å². The fourth-order valence-corrected chi connectivity index (χ4v) is 5.93. The Morgan fingerprint density at radius 1 is 0.973 bits per heavy atom. The van der Waals surface area contributed by atoms with Gasteiger partial charge in [-0.15, -0.1) is 0 Å². The van der Waals surface area contributed by atoms with Crippen LogP contribution in [0.25, 0.3) is 16.8 Å². The Bertz CT molecular complexity index is 1540. The Balaban J connectivity index is 1.37. The van der Waals surface area contributed by atoms with Crippen molar-refractivity contribution < 1.29 is 19.1 Å². The maximum absolute atomic E-state index is 13.2. The summed E-state index contributed by atoms with van der Waals surface area (Å²) in [5, 5.41) is 1.84. The van der Waals surface area contributed by atoms with E-state index in [9.17, 15) is 9.59 Å². The second-order valence-corrected chi connectivity index (χ2v) is 10.9. The minimum absolute atomic E-state index is 0.232. The molecule has 4 aromatic carbocycles. The average molecular weight is 621 g/mol. The summed E-state index contributed by atoms with van der Waals surface area (Å²) in [6.45, 7) is 2.70. The van der Waals surface area contributed by atoms with Crippen LogP contribution in [0.5, 0.6) is 11.5 Å². The first-order valence-corrected chi connectivity index (χ1v) is 13.6. The highest BCUT2D eigenvalue weighted by atomic mass is 127. The zero-order chi connectivity index (χ0) is 25.9. The largest absolute Gasteiger partial charge is 0.493 e. The number of imide groups is 1. The lowest BCUT2D eigenvalue weighted by Gasteiger charge is -2.15. The van der Waals surface area contributed by atoms with E-state index in [2.05, 4.69) is 28.7 Å². The fraction of sp³-hybridized carbons (Fsp3) is 0.133. The highest BCUT2D eigenvalue weighted by molar-refractivity contribution is 14.1. The molecular weight excluding hydrogens is 597 g/mol. The molecular formula is C30H24INO4S. The number of amides is 2. The number of methoxy groups -OCH3 is 1. The number of thioether (sulfide) groups is 1. The molecule has 37 heavy (non-hydrogen) atoms. The Morgan fingerprint density at radius 2 is 1.76 bits per heavy atom. The summed E-state index contributed by atoms with van der Waals surface area (Å²) < 4.78 is 12.6. The van der Waals surface area contributed by atoms with Gasteiger partial charge in [-0.3, -0.25) is 14.5 Å². The number of carbonyl (C=O) groups excluding carboxylic acids is 2. The van der Waals surface area contributed by atoms with Crippen LogP contribution in [0.15, 0.2) is 83.8 Å². The molecule has 4 aromatic rings. The van der Waals surface area contributed by atoms with Crippen LogP contribution in [0.3, 0.4) is 0 Å². The summed E-state index contributed by atoms with van der Waals surface area (Å²) in [6.07, 6.45) is 1.74. The Hall–Kier alpha value is -3.30. The van der Waals surface area contributed by atoms with Gasteiger partial charge in [0.15, 0.2) is 11.5 Å². The van der Waals surface area contributed by atoms with Gasteiger partial charge in [-0.25, -0.2) is 0 Å². The zero-order valence-corrected chi connectivity index (χ0v) is 23.3. The van der Waals surface area contributed by atoms with E-state index in [4.69, 9.17) is 9.47 Å². The van der Waals surface area contributed by atoms with Gasteiger partial charge >= 0.3 is 0 Å². The van der Waals surface area contributed by atoms with Crippen molar-refractivity contribution in [2.45, 2.75) is 20.1 Å². The van der Waals surface area contributed by atoms with E-state index in [1.165, 1.54) is 10.5 Å². The van der Waals surface area contributed by atoms with Crippen molar-refractivity contribution in [3.05, 3.63) is 110 Å². The van der Waals surface area contributed by atoms with Crippen LogP contribution in [0.4, 0.5) is 4.79 Å². The van der Waals surface area contributed by atoms with Crippen molar-refractivity contribution in [2.75, 3.05) is 7.11 Å². The van der Waals surface area contributed by atoms with E-state index >= 15 is 0 Å². The molecule has 1 fully saturated rings. The molecule has 2 amide bonds. The van der Waals surface area contributed by atoms with Gasteiger partial charge in [0.1, 0.15) is 6.61 Å². The van der Waals surface area contributed by atoms with E-state index in [-0.39, 0.29) is 17.7 Å². The zero-order valence-electron chi connectivity index (χ0n) is 20.4. The molecule has 1 heterocycles. The van der Waals surface area contributed by atoms with Crippen molar-refractivity contribution in [3.63, 3.8) is 0 Å². The van der Waals surface area contributed by atoms with Crippen molar-refractivity contribution >= 4 is 62.3 Å². The van der Waals surface area contributed by atoms with Crippen LogP contribution >= 0.6 is 34.4 Å². The van der Waals surface area contributed by atoms with E-state index in [1.807, 2.05) is 79.7 Å². The number of halogens is 1. The summed E-state index contributed by atoms with van der Waals surface area (Å²) in [4.78, 5) is 27.7. The third-order valence-electron chi connectivity index (χ3n) is 6.10. The maximum atomic E-state index is 13.2. The van der Waals surface area contributed by atoms with E-state index in [0.29, 0.717) is 23.0 Å². The van der Waals surface area contributed by atoms with Crippen LogP contribution < -0.4 is 9.47 Å². The molecule has 0 saturated carbocycles. The predicted octanol–water partition coefficient (Wildman–Crippen LogP) is 7.58. The normalized spacial score (nSPS) is 14.6. The van der Waals surface area contributed by atoms with Crippen LogP contribution in [0.1, 0.15) is 22.3 Å². The molecule has 0 unspecified atom stereocenters. The molecule has 1 aliphatic rings. The van der Waals surface area contributed by atoms with E-state index in [1.54, 1.807) is 13.2 Å². The number of rotatable bonds is 7. The number of ether oxygens (including phenoxy) is 2. The first-order chi connectivity index (χ1) is 17.9. The number of aryl methyl sites for hydroxylation is 1. The van der Waals surface area contributed by atoms with Gasteiger partial charge < -0.3 is 9.47 Å². The molecule has 5 rings (SSSR count). The molecule has 0 aromatic heterocycles. The molecule has 0 spiro atoms. The summed E-state index contributed by atoms with van der Waals surface area (Å²) in [5.41, 5.74) is 3.95. The number of hydrogen-bond acceptors (Lipinski definition) is 5. The topological polar surface area (TPSA) is 55.8 Å². The van der Waals surface area contributed by atoms with Crippen molar-refractivity contribution in [1.29, 1.82) is 0 Å². The third-order valence-corrected chi connectivity index (χ3v) is 7.81. The number of hydrogen-bond donors (Lipinski definition) is 0. The monoisotopic (exact) mass is 621 g/mol. The molecule has 0 aliphatic carbocycles. The summed E-state index contributed by atoms with van der Waals surface area (Å²) >= 11 is 3.16. The van der Waals surface area contributed by atoms with Crippen molar-refractivity contribution in [2.24, 2.45) is 0 Å². The molecule has 0 bridgehead atoms. The standard InChI is InChI=1S/C30H24INO4S/c1-19-7-5-8-20(13-19)18-36-28-25(31)14-21(15-26(28)35-2)16-27-29(33)32(30(34)37-27)17-23-11-6-10-22-9-3-4-12-24(22)23/h3-16H,17-18H2,1-2H3/b27-16+. The van der Waals surface area contributed by atoms with Crippen LogP contribution in [-0.4, -0.2) is 23.2 Å². The van der Waals surface area contributed by atoms with Crippen LogP contribution in [0.2, 0.25) is 0 Å². The van der Waals surface area contributed by atoms with Crippen LogP contribution in [-0.2, 0) is 17.9 Å². The molecule has 7 heteroatoms. The lowest BCUT2D eigenvalue weighted by Crippen LogP contribution is -2.27. The first kappa shape index (κ1) is 25.4. The van der Waals surface area contributed by atoms with Gasteiger partial charge in [-0.2, -0.15) is 0 Å². The fourth-order valence-electron chi connectivity index (χ4n) is 4.31. The minimum atomic E-state index is -0.295. The Kier molecular flexibility index (Phi) is 7.53. The minimum Gasteiger partial charge on any atom is -0.493 e. The lowest BCUT2D eigenvalue weighted by atomic mass is 10.0. The Morgan fingerprint density at radius 3 is 2.57 bits per heavy atom. The molecule has 0 N–H and O–H groups in total. The smallest absolute Gasteiger partial charge is 0.293 e. The average Bonchev–Trinajstić information content (AvgIpc) is 3.15. The second kappa shape index (κ2) is 11.0. The van der Waals surface area contributed by atoms with Gasteiger partial charge in [0.2, 0.25) is 0 Å². The molecule has 186 valence electrons. The number of nitrogens with zero attached hydrogens (tertiary/aromatic N) is 1. The quantitative estimate of drug-likeness (QED) is 0.157. The highest BCUT2D eigenvalue weighted by Gasteiger charge is 2.35. The van der Waals surface area contributed by atoms with Gasteiger partial charge in [0.05, 0.1) is 22.1 Å². The number of fused-ring (bicyclic) bond motifs is 1. The molecule has 0 atom stereocenters. The van der Waals surface area contributed by atoms with E-state index < -0.39 is 0 Å². The van der Waals surface area contributed by atoms with Crippen molar-refractivity contribution in [1.82, 2.24) is 4.90 Å². The third kappa shape index (κ3) is 5.52. The number of carbonyl (C=O) groups is 2. The number of benzene rings is 4. The summed E-state index contributed by atoms with van der Waals surface area (Å²) in [6, 6.07) is 25.8. The molecule has 1 saturated heterocycles.